The second kappa shape index (κ2) is 5.95. The minimum Gasteiger partial charge on any atom is -0.477 e. The number of para-hydroxylation sites is 1. The van der Waals surface area contributed by atoms with Crippen LogP contribution in [-0.4, -0.2) is 15.6 Å². The zero-order valence-electron chi connectivity index (χ0n) is 10.4. The number of benzene rings is 1. The topological polar surface area (TPSA) is 66.0 Å². The molecule has 1 N–H and O–H groups in total. The number of aromatic nitrogens is 1. The van der Waals surface area contributed by atoms with Gasteiger partial charge in [-0.2, -0.15) is 5.26 Å². The highest BCUT2D eigenvalue weighted by atomic mass is 32.1. The first kappa shape index (κ1) is 13.7. The molecule has 0 fully saturated rings. The highest BCUT2D eigenvalue weighted by Gasteiger charge is 2.07. The van der Waals surface area contributed by atoms with E-state index in [9.17, 15) is 4.79 Å². The first-order chi connectivity index (χ1) is 9.63. The summed E-state index contributed by atoms with van der Waals surface area (Å²) in [5.74, 6) is -1.27. The van der Waals surface area contributed by atoms with E-state index in [1.165, 1.54) is 6.08 Å². The molecule has 0 amide bonds. The Labute approximate surface area is 120 Å². The number of pyridine rings is 1. The molecular formula is C15H10N2O2S. The van der Waals surface area contributed by atoms with Gasteiger partial charge in [-0.1, -0.05) is 36.5 Å². The van der Waals surface area contributed by atoms with E-state index in [1.54, 1.807) is 29.0 Å². The van der Waals surface area contributed by atoms with E-state index in [0.29, 0.717) is 10.2 Å². The van der Waals surface area contributed by atoms with Gasteiger partial charge in [0, 0.05) is 17.4 Å². The lowest BCUT2D eigenvalue weighted by Crippen LogP contribution is -2.00. The second-order valence-electron chi connectivity index (χ2n) is 3.95. The molecule has 1 heterocycles. The summed E-state index contributed by atoms with van der Waals surface area (Å²) >= 11 is 5.34. The maximum absolute atomic E-state index is 10.9. The maximum atomic E-state index is 10.9. The average molecular weight is 282 g/mol. The number of aliphatic carboxylic acids is 1. The van der Waals surface area contributed by atoms with Gasteiger partial charge in [-0.25, -0.2) is 4.79 Å². The third-order valence-electron chi connectivity index (χ3n) is 2.66. The van der Waals surface area contributed by atoms with Gasteiger partial charge in [0.15, 0.2) is 0 Å². The van der Waals surface area contributed by atoms with Gasteiger partial charge in [0.25, 0.3) is 0 Å². The van der Waals surface area contributed by atoms with Crippen LogP contribution in [0.2, 0.25) is 0 Å². The Balaban J connectivity index is 2.58. The van der Waals surface area contributed by atoms with E-state index in [0.717, 1.165) is 5.69 Å². The molecule has 1 aromatic heterocycles. The number of carboxylic acids is 1. The van der Waals surface area contributed by atoms with Crippen LogP contribution < -0.4 is 0 Å². The number of nitrogens with zero attached hydrogens (tertiary/aromatic N) is 2. The molecule has 0 spiro atoms. The predicted octanol–water partition coefficient (Wildman–Crippen LogP) is 3.20. The smallest absolute Gasteiger partial charge is 0.346 e. The summed E-state index contributed by atoms with van der Waals surface area (Å²) in [5.41, 5.74) is 1.05. The van der Waals surface area contributed by atoms with Crippen molar-refractivity contribution in [3.05, 3.63) is 64.4 Å². The number of rotatable bonds is 3. The van der Waals surface area contributed by atoms with Crippen molar-refractivity contribution < 1.29 is 9.90 Å². The normalized spacial score (nSPS) is 10.8. The summed E-state index contributed by atoms with van der Waals surface area (Å²) in [4.78, 5) is 10.9. The molecule has 2 aromatic rings. The van der Waals surface area contributed by atoms with Gasteiger partial charge in [0.05, 0.1) is 0 Å². The monoisotopic (exact) mass is 282 g/mol. The summed E-state index contributed by atoms with van der Waals surface area (Å²) in [6, 6.07) is 14.5. The number of carbonyl (C=O) groups is 1. The van der Waals surface area contributed by atoms with Crippen LogP contribution in [0.3, 0.4) is 0 Å². The summed E-state index contributed by atoms with van der Waals surface area (Å²) in [7, 11) is 0. The Morgan fingerprint density at radius 1 is 1.25 bits per heavy atom. The largest absolute Gasteiger partial charge is 0.477 e. The molecule has 4 nitrogen and oxygen atoms in total. The van der Waals surface area contributed by atoms with E-state index in [-0.39, 0.29) is 5.57 Å². The van der Waals surface area contributed by atoms with Crippen LogP contribution in [0.5, 0.6) is 0 Å². The van der Waals surface area contributed by atoms with Crippen LogP contribution in [0.4, 0.5) is 0 Å². The molecule has 5 heteroatoms. The minimum atomic E-state index is -1.27. The van der Waals surface area contributed by atoms with Crippen LogP contribution in [0.15, 0.2) is 54.2 Å². The van der Waals surface area contributed by atoms with Crippen molar-refractivity contribution in [3.8, 4) is 11.8 Å². The average Bonchev–Trinajstić information content (AvgIpc) is 2.46. The molecule has 20 heavy (non-hydrogen) atoms. The van der Waals surface area contributed by atoms with Gasteiger partial charge >= 0.3 is 5.97 Å². The van der Waals surface area contributed by atoms with Crippen molar-refractivity contribution in [2.75, 3.05) is 0 Å². The lowest BCUT2D eigenvalue weighted by molar-refractivity contribution is -0.132. The predicted molar refractivity (Wildman–Crippen MR) is 77.8 cm³/mol. The molecular weight excluding hydrogens is 272 g/mol. The lowest BCUT2D eigenvalue weighted by Gasteiger charge is -2.08. The Morgan fingerprint density at radius 3 is 2.55 bits per heavy atom. The molecule has 0 saturated heterocycles. The quantitative estimate of drug-likeness (QED) is 0.533. The van der Waals surface area contributed by atoms with Crippen LogP contribution in [-0.2, 0) is 4.79 Å². The third-order valence-corrected chi connectivity index (χ3v) is 3.09. The van der Waals surface area contributed by atoms with Crippen LogP contribution in [0.25, 0.3) is 11.8 Å². The summed E-state index contributed by atoms with van der Waals surface area (Å²) in [6.45, 7) is 0. The zero-order valence-corrected chi connectivity index (χ0v) is 11.2. The van der Waals surface area contributed by atoms with Crippen molar-refractivity contribution >= 4 is 24.3 Å². The molecule has 0 aliphatic carbocycles. The van der Waals surface area contributed by atoms with Crippen LogP contribution in [0, 0.1) is 16.0 Å². The van der Waals surface area contributed by atoms with Crippen LogP contribution >= 0.6 is 12.2 Å². The molecule has 0 aliphatic heterocycles. The fourth-order valence-corrected chi connectivity index (χ4v) is 2.00. The molecule has 0 aliphatic rings. The van der Waals surface area contributed by atoms with Gasteiger partial charge in [0.1, 0.15) is 16.3 Å². The number of hydrogen-bond donors (Lipinski definition) is 1. The lowest BCUT2D eigenvalue weighted by atomic mass is 10.2. The molecule has 0 atom stereocenters. The number of carboxylic acid groups (broad SMARTS) is 1. The molecule has 0 saturated carbocycles. The van der Waals surface area contributed by atoms with E-state index in [2.05, 4.69) is 0 Å². The minimum absolute atomic E-state index is 0.345. The van der Waals surface area contributed by atoms with E-state index in [1.807, 2.05) is 30.3 Å². The number of nitriles is 1. The maximum Gasteiger partial charge on any atom is 0.346 e. The highest BCUT2D eigenvalue weighted by Crippen LogP contribution is 2.14. The molecule has 0 unspecified atom stereocenters. The van der Waals surface area contributed by atoms with Gasteiger partial charge in [-0.15, -0.1) is 0 Å². The Morgan fingerprint density at radius 2 is 1.95 bits per heavy atom. The van der Waals surface area contributed by atoms with Crippen molar-refractivity contribution in [1.82, 2.24) is 4.57 Å². The van der Waals surface area contributed by atoms with Crippen LogP contribution in [0.1, 0.15) is 5.56 Å². The molecule has 0 bridgehead atoms. The summed E-state index contributed by atoms with van der Waals surface area (Å²) in [5, 5.41) is 17.7. The molecule has 2 rings (SSSR count). The molecule has 98 valence electrons. The Bertz CT molecular complexity index is 770. The van der Waals surface area contributed by atoms with Crippen molar-refractivity contribution in [3.63, 3.8) is 0 Å². The van der Waals surface area contributed by atoms with E-state index in [4.69, 9.17) is 22.6 Å². The zero-order chi connectivity index (χ0) is 14.5. The van der Waals surface area contributed by atoms with Gasteiger partial charge in [-0.05, 0) is 24.3 Å². The van der Waals surface area contributed by atoms with Gasteiger partial charge in [0.2, 0.25) is 0 Å². The first-order valence-electron chi connectivity index (χ1n) is 5.75. The fraction of sp³-hybridized carbons (Fsp3) is 0. The fourth-order valence-electron chi connectivity index (χ4n) is 1.71. The van der Waals surface area contributed by atoms with E-state index >= 15 is 0 Å². The first-order valence-corrected chi connectivity index (χ1v) is 6.16. The van der Waals surface area contributed by atoms with Gasteiger partial charge in [-0.3, -0.25) is 0 Å². The third kappa shape index (κ3) is 2.82. The molecule has 1 aromatic carbocycles. The second-order valence-corrected chi connectivity index (χ2v) is 4.34. The standard InChI is InChI=1S/C15H10N2O2S/c16-10-12(15(18)19)9-11-5-4-8-17(14(11)20)13-6-2-1-3-7-13/h1-9H,(H,18,19). The highest BCUT2D eigenvalue weighted by molar-refractivity contribution is 7.71. The summed E-state index contributed by atoms with van der Waals surface area (Å²) < 4.78 is 2.21. The molecule has 0 radical (unpaired) electrons. The van der Waals surface area contributed by atoms with E-state index < -0.39 is 5.97 Å². The van der Waals surface area contributed by atoms with Crippen molar-refractivity contribution in [2.45, 2.75) is 0 Å². The Kier molecular flexibility index (Phi) is 4.08. The number of hydrogen-bond acceptors (Lipinski definition) is 3. The van der Waals surface area contributed by atoms with Crippen molar-refractivity contribution in [2.24, 2.45) is 0 Å². The Hall–Kier alpha value is -2.71. The van der Waals surface area contributed by atoms with Gasteiger partial charge < -0.3 is 9.67 Å². The van der Waals surface area contributed by atoms with Crippen molar-refractivity contribution in [1.29, 1.82) is 5.26 Å². The summed E-state index contributed by atoms with van der Waals surface area (Å²) in [6.07, 6.45) is 3.08. The SMILES string of the molecule is N#CC(=Cc1cccn(-c2ccccc2)c1=S)C(=O)O.